The molecule has 2 aromatic heterocycles. The lowest BCUT2D eigenvalue weighted by molar-refractivity contribution is 0.0699. The van der Waals surface area contributed by atoms with Crippen LogP contribution in [0.1, 0.15) is 10.4 Å². The van der Waals surface area contributed by atoms with E-state index < -0.39 is 5.97 Å². The van der Waals surface area contributed by atoms with Gasteiger partial charge in [-0.1, -0.05) is 6.07 Å². The van der Waals surface area contributed by atoms with Crippen LogP contribution in [0, 0.1) is 0 Å². The number of hydrogen-bond donors (Lipinski definition) is 1. The number of ether oxygens (including phenoxy) is 1. The zero-order valence-corrected chi connectivity index (χ0v) is 10.6. The van der Waals surface area contributed by atoms with Gasteiger partial charge in [0, 0.05) is 18.5 Å². The predicted octanol–water partition coefficient (Wildman–Crippen LogP) is 2.46. The zero-order valence-electron chi connectivity index (χ0n) is 10.6. The van der Waals surface area contributed by atoms with E-state index in [1.165, 1.54) is 0 Å². The van der Waals surface area contributed by atoms with Crippen molar-refractivity contribution in [2.75, 3.05) is 0 Å². The van der Waals surface area contributed by atoms with Crippen LogP contribution in [-0.4, -0.2) is 25.8 Å². The normalized spacial score (nSPS) is 10.7. The maximum Gasteiger partial charge on any atom is 0.336 e. The SMILES string of the molecule is Cn1cc(Oc2ccc3c(C(=O)O)cccc3n2)cn1. The molecule has 2 heterocycles. The Balaban J connectivity index is 2.01. The van der Waals surface area contributed by atoms with Crippen molar-refractivity contribution < 1.29 is 14.6 Å². The highest BCUT2D eigenvalue weighted by molar-refractivity contribution is 6.02. The number of hydrogen-bond acceptors (Lipinski definition) is 4. The summed E-state index contributed by atoms with van der Waals surface area (Å²) in [7, 11) is 1.79. The van der Waals surface area contributed by atoms with Gasteiger partial charge in [-0.25, -0.2) is 9.78 Å². The highest BCUT2D eigenvalue weighted by Crippen LogP contribution is 2.23. The zero-order chi connectivity index (χ0) is 14.1. The first-order chi connectivity index (χ1) is 9.63. The van der Waals surface area contributed by atoms with Crippen molar-refractivity contribution in [3.05, 3.63) is 48.3 Å². The van der Waals surface area contributed by atoms with E-state index in [-0.39, 0.29) is 5.56 Å². The lowest BCUT2D eigenvalue weighted by Crippen LogP contribution is -1.98. The maximum atomic E-state index is 11.1. The van der Waals surface area contributed by atoms with E-state index in [9.17, 15) is 4.79 Å². The van der Waals surface area contributed by atoms with Crippen molar-refractivity contribution in [3.63, 3.8) is 0 Å². The van der Waals surface area contributed by atoms with E-state index in [4.69, 9.17) is 9.84 Å². The number of aromatic nitrogens is 3. The quantitative estimate of drug-likeness (QED) is 0.790. The van der Waals surface area contributed by atoms with Crippen molar-refractivity contribution >= 4 is 16.9 Å². The first-order valence-corrected chi connectivity index (χ1v) is 5.93. The van der Waals surface area contributed by atoms with E-state index in [0.717, 1.165) is 0 Å². The molecule has 1 N–H and O–H groups in total. The molecule has 0 radical (unpaired) electrons. The molecule has 0 atom stereocenters. The Bertz CT molecular complexity index is 795. The molecule has 0 bridgehead atoms. The van der Waals surface area contributed by atoms with E-state index in [0.29, 0.717) is 22.5 Å². The summed E-state index contributed by atoms with van der Waals surface area (Å²) < 4.78 is 7.19. The van der Waals surface area contributed by atoms with Gasteiger partial charge in [0.05, 0.1) is 23.5 Å². The highest BCUT2D eigenvalue weighted by atomic mass is 16.5. The first kappa shape index (κ1) is 12.2. The van der Waals surface area contributed by atoms with Gasteiger partial charge in [-0.05, 0) is 18.2 Å². The number of aromatic carboxylic acids is 1. The summed E-state index contributed by atoms with van der Waals surface area (Å²) >= 11 is 0. The lowest BCUT2D eigenvalue weighted by atomic mass is 10.1. The Morgan fingerprint density at radius 3 is 2.85 bits per heavy atom. The fourth-order valence-electron chi connectivity index (χ4n) is 1.95. The van der Waals surface area contributed by atoms with Gasteiger partial charge in [0.15, 0.2) is 5.75 Å². The topological polar surface area (TPSA) is 77.2 Å². The number of carboxylic acid groups (broad SMARTS) is 1. The monoisotopic (exact) mass is 269 g/mol. The van der Waals surface area contributed by atoms with Crippen LogP contribution >= 0.6 is 0 Å². The minimum absolute atomic E-state index is 0.225. The molecule has 1 aromatic carbocycles. The summed E-state index contributed by atoms with van der Waals surface area (Å²) in [5.41, 5.74) is 0.800. The number of pyridine rings is 1. The summed E-state index contributed by atoms with van der Waals surface area (Å²) in [4.78, 5) is 15.4. The molecule has 6 heteroatoms. The van der Waals surface area contributed by atoms with Crippen LogP contribution in [-0.2, 0) is 7.05 Å². The van der Waals surface area contributed by atoms with Crippen LogP contribution < -0.4 is 4.74 Å². The Morgan fingerprint density at radius 1 is 1.30 bits per heavy atom. The summed E-state index contributed by atoms with van der Waals surface area (Å²) in [5, 5.41) is 13.7. The summed E-state index contributed by atoms with van der Waals surface area (Å²) in [6.45, 7) is 0. The highest BCUT2D eigenvalue weighted by Gasteiger charge is 2.10. The summed E-state index contributed by atoms with van der Waals surface area (Å²) in [6.07, 6.45) is 3.30. The van der Waals surface area contributed by atoms with E-state index in [1.54, 1.807) is 54.5 Å². The Morgan fingerprint density at radius 2 is 2.15 bits per heavy atom. The molecular weight excluding hydrogens is 258 g/mol. The Kier molecular flexibility index (Phi) is 2.83. The van der Waals surface area contributed by atoms with Gasteiger partial charge in [0.1, 0.15) is 0 Å². The van der Waals surface area contributed by atoms with Crippen LogP contribution in [0.5, 0.6) is 11.6 Å². The molecule has 3 aromatic rings. The van der Waals surface area contributed by atoms with Crippen LogP contribution in [0.25, 0.3) is 10.9 Å². The third-order valence-electron chi connectivity index (χ3n) is 2.84. The van der Waals surface area contributed by atoms with E-state index in [1.807, 2.05) is 0 Å². The van der Waals surface area contributed by atoms with Gasteiger partial charge in [0.25, 0.3) is 0 Å². The molecule has 0 amide bonds. The summed E-state index contributed by atoms with van der Waals surface area (Å²) in [6, 6.07) is 8.29. The van der Waals surface area contributed by atoms with Crippen LogP contribution in [0.2, 0.25) is 0 Å². The number of nitrogens with zero attached hydrogens (tertiary/aromatic N) is 3. The molecule has 3 rings (SSSR count). The van der Waals surface area contributed by atoms with Gasteiger partial charge in [-0.3, -0.25) is 4.68 Å². The van der Waals surface area contributed by atoms with Crippen molar-refractivity contribution in [1.82, 2.24) is 14.8 Å². The molecule has 0 spiro atoms. The predicted molar refractivity (Wildman–Crippen MR) is 72.0 cm³/mol. The average Bonchev–Trinajstić information content (AvgIpc) is 2.83. The third kappa shape index (κ3) is 2.18. The number of aryl methyl sites for hydroxylation is 1. The van der Waals surface area contributed by atoms with Gasteiger partial charge >= 0.3 is 5.97 Å². The van der Waals surface area contributed by atoms with Crippen molar-refractivity contribution in [2.45, 2.75) is 0 Å². The Hall–Kier alpha value is -2.89. The van der Waals surface area contributed by atoms with Crippen LogP contribution in [0.3, 0.4) is 0 Å². The second-order valence-electron chi connectivity index (χ2n) is 4.28. The third-order valence-corrected chi connectivity index (χ3v) is 2.84. The number of fused-ring (bicyclic) bond motifs is 1. The molecule has 0 aliphatic heterocycles. The van der Waals surface area contributed by atoms with Crippen molar-refractivity contribution in [2.24, 2.45) is 7.05 Å². The second-order valence-corrected chi connectivity index (χ2v) is 4.28. The fraction of sp³-hybridized carbons (Fsp3) is 0.0714. The standard InChI is InChI=1S/C14H11N3O3/c1-17-8-9(7-15-17)20-13-6-5-10-11(14(18)19)3-2-4-12(10)16-13/h2-8H,1H3,(H,18,19). The number of benzene rings is 1. The molecule has 100 valence electrons. The van der Waals surface area contributed by atoms with Gasteiger partial charge in [-0.2, -0.15) is 5.10 Å². The van der Waals surface area contributed by atoms with Gasteiger partial charge in [0.2, 0.25) is 5.88 Å². The van der Waals surface area contributed by atoms with Crippen LogP contribution in [0.4, 0.5) is 0 Å². The van der Waals surface area contributed by atoms with Gasteiger partial charge in [-0.15, -0.1) is 0 Å². The van der Waals surface area contributed by atoms with Crippen molar-refractivity contribution in [1.29, 1.82) is 0 Å². The van der Waals surface area contributed by atoms with E-state index in [2.05, 4.69) is 10.1 Å². The molecule has 0 saturated carbocycles. The van der Waals surface area contributed by atoms with E-state index >= 15 is 0 Å². The maximum absolute atomic E-state index is 11.1. The number of rotatable bonds is 3. The average molecular weight is 269 g/mol. The largest absolute Gasteiger partial charge is 0.478 e. The summed E-state index contributed by atoms with van der Waals surface area (Å²) in [5.74, 6) is 0.0000979. The molecular formula is C14H11N3O3. The molecule has 0 aliphatic rings. The number of carboxylic acids is 1. The fourth-order valence-corrected chi connectivity index (χ4v) is 1.95. The molecule has 20 heavy (non-hydrogen) atoms. The molecule has 0 aliphatic carbocycles. The molecule has 6 nitrogen and oxygen atoms in total. The lowest BCUT2D eigenvalue weighted by Gasteiger charge is -2.05. The second kappa shape index (κ2) is 4.65. The minimum Gasteiger partial charge on any atom is -0.478 e. The molecule has 0 saturated heterocycles. The molecule has 0 unspecified atom stereocenters. The van der Waals surface area contributed by atoms with Gasteiger partial charge < -0.3 is 9.84 Å². The Labute approximate surface area is 114 Å². The van der Waals surface area contributed by atoms with Crippen LogP contribution in [0.15, 0.2) is 42.7 Å². The minimum atomic E-state index is -0.974. The first-order valence-electron chi connectivity index (χ1n) is 5.93. The molecule has 0 fully saturated rings. The van der Waals surface area contributed by atoms with Crippen molar-refractivity contribution in [3.8, 4) is 11.6 Å². The number of carbonyl (C=O) groups is 1. The smallest absolute Gasteiger partial charge is 0.336 e.